The SMILES string of the molecule is N=C(N)c1ccncc1N1CCCc2ccccc21. The summed E-state index contributed by atoms with van der Waals surface area (Å²) in [6.45, 7) is 0.934. The van der Waals surface area contributed by atoms with Crippen LogP contribution in [0.15, 0.2) is 42.7 Å². The van der Waals surface area contributed by atoms with Crippen LogP contribution in [0.5, 0.6) is 0 Å². The number of rotatable bonds is 2. The molecule has 4 heteroatoms. The van der Waals surface area contributed by atoms with Crippen molar-refractivity contribution in [1.82, 2.24) is 4.98 Å². The molecule has 1 aliphatic heterocycles. The quantitative estimate of drug-likeness (QED) is 0.637. The fourth-order valence-corrected chi connectivity index (χ4v) is 2.61. The molecule has 0 unspecified atom stereocenters. The maximum Gasteiger partial charge on any atom is 0.125 e. The van der Waals surface area contributed by atoms with Crippen molar-refractivity contribution in [3.63, 3.8) is 0 Å². The van der Waals surface area contributed by atoms with Crippen molar-refractivity contribution in [2.24, 2.45) is 5.73 Å². The number of nitrogens with zero attached hydrogens (tertiary/aromatic N) is 2. The van der Waals surface area contributed by atoms with E-state index in [0.29, 0.717) is 0 Å². The van der Waals surface area contributed by atoms with E-state index in [1.807, 2.05) is 6.07 Å². The van der Waals surface area contributed by atoms with Crippen molar-refractivity contribution < 1.29 is 0 Å². The van der Waals surface area contributed by atoms with E-state index < -0.39 is 0 Å². The summed E-state index contributed by atoms with van der Waals surface area (Å²) in [5.41, 5.74) is 9.87. The van der Waals surface area contributed by atoms with E-state index in [-0.39, 0.29) is 5.84 Å². The third-order valence-corrected chi connectivity index (χ3v) is 3.49. The zero-order valence-electron chi connectivity index (χ0n) is 10.6. The molecule has 2 aromatic rings. The first-order valence-corrected chi connectivity index (χ1v) is 6.41. The van der Waals surface area contributed by atoms with Gasteiger partial charge in [0.1, 0.15) is 5.84 Å². The second kappa shape index (κ2) is 4.72. The van der Waals surface area contributed by atoms with Crippen LogP contribution >= 0.6 is 0 Å². The molecule has 1 aliphatic rings. The number of amidine groups is 1. The minimum atomic E-state index is 0.0838. The Balaban J connectivity index is 2.12. The fraction of sp³-hybridized carbons (Fsp3) is 0.200. The molecule has 4 nitrogen and oxygen atoms in total. The molecule has 0 atom stereocenters. The number of pyridine rings is 1. The van der Waals surface area contributed by atoms with Gasteiger partial charge in [0.05, 0.1) is 11.9 Å². The van der Waals surface area contributed by atoms with Crippen LogP contribution in [0.4, 0.5) is 11.4 Å². The zero-order valence-corrected chi connectivity index (χ0v) is 10.6. The molecule has 1 aromatic carbocycles. The number of para-hydroxylation sites is 1. The smallest absolute Gasteiger partial charge is 0.125 e. The lowest BCUT2D eigenvalue weighted by atomic mass is 10.0. The first kappa shape index (κ1) is 11.7. The second-order valence-electron chi connectivity index (χ2n) is 4.69. The topological polar surface area (TPSA) is 66.0 Å². The predicted octanol–water partition coefficient (Wildman–Crippen LogP) is 2.45. The standard InChI is InChI=1S/C15H16N4/c16-15(17)12-7-8-18-10-14(12)19-9-3-5-11-4-1-2-6-13(11)19/h1-2,4,6-8,10H,3,5,9H2,(H3,16,17). The lowest BCUT2D eigenvalue weighted by molar-refractivity contribution is 0.765. The Kier molecular flexibility index (Phi) is 2.91. The van der Waals surface area contributed by atoms with E-state index in [0.717, 1.165) is 30.6 Å². The molecule has 3 rings (SSSR count). The summed E-state index contributed by atoms with van der Waals surface area (Å²) in [6, 6.07) is 10.2. The van der Waals surface area contributed by atoms with Crippen molar-refractivity contribution in [2.45, 2.75) is 12.8 Å². The van der Waals surface area contributed by atoms with Crippen LogP contribution in [0.1, 0.15) is 17.5 Å². The lowest BCUT2D eigenvalue weighted by Gasteiger charge is -2.32. The maximum absolute atomic E-state index is 7.70. The number of aromatic nitrogens is 1. The first-order chi connectivity index (χ1) is 9.27. The minimum absolute atomic E-state index is 0.0838. The lowest BCUT2D eigenvalue weighted by Crippen LogP contribution is -2.27. The molecule has 0 amide bonds. The molecule has 3 N–H and O–H groups in total. The van der Waals surface area contributed by atoms with E-state index in [9.17, 15) is 0 Å². The van der Waals surface area contributed by atoms with E-state index in [1.54, 1.807) is 18.5 Å². The van der Waals surface area contributed by atoms with Gasteiger partial charge in [-0.2, -0.15) is 0 Å². The van der Waals surface area contributed by atoms with Gasteiger partial charge in [-0.15, -0.1) is 0 Å². The highest BCUT2D eigenvalue weighted by atomic mass is 15.2. The monoisotopic (exact) mass is 252 g/mol. The highest BCUT2D eigenvalue weighted by Gasteiger charge is 2.20. The first-order valence-electron chi connectivity index (χ1n) is 6.41. The summed E-state index contributed by atoms with van der Waals surface area (Å²) in [4.78, 5) is 6.39. The normalized spacial score (nSPS) is 14.0. The minimum Gasteiger partial charge on any atom is -0.384 e. The second-order valence-corrected chi connectivity index (χ2v) is 4.69. The van der Waals surface area contributed by atoms with Gasteiger partial charge in [0, 0.05) is 24.0 Å². The highest BCUT2D eigenvalue weighted by Crippen LogP contribution is 2.34. The molecule has 0 saturated carbocycles. The van der Waals surface area contributed by atoms with Gasteiger partial charge in [0.25, 0.3) is 0 Å². The third kappa shape index (κ3) is 2.05. The summed E-state index contributed by atoms with van der Waals surface area (Å²) < 4.78 is 0. The molecule has 1 aromatic heterocycles. The largest absolute Gasteiger partial charge is 0.384 e. The van der Waals surface area contributed by atoms with Crippen LogP contribution in [0.3, 0.4) is 0 Å². The van der Waals surface area contributed by atoms with Crippen molar-refractivity contribution >= 4 is 17.2 Å². The van der Waals surface area contributed by atoms with Gasteiger partial charge >= 0.3 is 0 Å². The van der Waals surface area contributed by atoms with E-state index >= 15 is 0 Å². The van der Waals surface area contributed by atoms with Crippen LogP contribution in [-0.4, -0.2) is 17.4 Å². The molecule has 96 valence electrons. The van der Waals surface area contributed by atoms with E-state index in [2.05, 4.69) is 28.1 Å². The third-order valence-electron chi connectivity index (χ3n) is 3.49. The van der Waals surface area contributed by atoms with Gasteiger partial charge in [-0.1, -0.05) is 18.2 Å². The number of fused-ring (bicyclic) bond motifs is 1. The van der Waals surface area contributed by atoms with E-state index in [4.69, 9.17) is 11.1 Å². The molecule has 2 heterocycles. The summed E-state index contributed by atoms with van der Waals surface area (Å²) in [5.74, 6) is 0.0838. The highest BCUT2D eigenvalue weighted by molar-refractivity contribution is 6.01. The molecule has 0 bridgehead atoms. The molecule has 0 fully saturated rings. The predicted molar refractivity (Wildman–Crippen MR) is 77.0 cm³/mol. The van der Waals surface area contributed by atoms with Gasteiger partial charge in [-0.25, -0.2) is 0 Å². The van der Waals surface area contributed by atoms with Crippen LogP contribution in [-0.2, 0) is 6.42 Å². The Morgan fingerprint density at radius 2 is 2.05 bits per heavy atom. The molecular weight excluding hydrogens is 236 g/mol. The van der Waals surface area contributed by atoms with Crippen molar-refractivity contribution in [2.75, 3.05) is 11.4 Å². The Bertz CT molecular complexity index is 621. The molecule has 19 heavy (non-hydrogen) atoms. The number of hydrogen-bond acceptors (Lipinski definition) is 3. The van der Waals surface area contributed by atoms with Gasteiger partial charge in [0.2, 0.25) is 0 Å². The van der Waals surface area contributed by atoms with Gasteiger partial charge < -0.3 is 10.6 Å². The molecule has 0 radical (unpaired) electrons. The Hall–Kier alpha value is -2.36. The van der Waals surface area contributed by atoms with Crippen LogP contribution in [0.2, 0.25) is 0 Å². The fourth-order valence-electron chi connectivity index (χ4n) is 2.61. The summed E-state index contributed by atoms with van der Waals surface area (Å²) in [6.07, 6.45) is 5.67. The van der Waals surface area contributed by atoms with Gasteiger partial charge in [-0.05, 0) is 30.5 Å². The zero-order chi connectivity index (χ0) is 13.2. The summed E-state index contributed by atoms with van der Waals surface area (Å²) in [5, 5.41) is 7.70. The van der Waals surface area contributed by atoms with Crippen LogP contribution < -0.4 is 10.6 Å². The number of hydrogen-bond donors (Lipinski definition) is 2. The summed E-state index contributed by atoms with van der Waals surface area (Å²) >= 11 is 0. The van der Waals surface area contributed by atoms with Crippen LogP contribution in [0, 0.1) is 5.41 Å². The number of aryl methyl sites for hydroxylation is 1. The maximum atomic E-state index is 7.70. The van der Waals surface area contributed by atoms with Crippen molar-refractivity contribution in [3.05, 3.63) is 53.9 Å². The number of nitrogens with two attached hydrogens (primary N) is 1. The molecule has 0 saturated heterocycles. The van der Waals surface area contributed by atoms with E-state index in [1.165, 1.54) is 11.3 Å². The molecule has 0 spiro atoms. The average Bonchev–Trinajstić information content (AvgIpc) is 2.46. The Morgan fingerprint density at radius 1 is 1.21 bits per heavy atom. The van der Waals surface area contributed by atoms with Crippen molar-refractivity contribution in [1.29, 1.82) is 5.41 Å². The summed E-state index contributed by atoms with van der Waals surface area (Å²) in [7, 11) is 0. The Labute approximate surface area is 112 Å². The average molecular weight is 252 g/mol. The number of nitrogens with one attached hydrogen (secondary N) is 1. The van der Waals surface area contributed by atoms with Crippen molar-refractivity contribution in [3.8, 4) is 0 Å². The number of benzene rings is 1. The Morgan fingerprint density at radius 3 is 2.89 bits per heavy atom. The van der Waals surface area contributed by atoms with Gasteiger partial charge in [-0.3, -0.25) is 10.4 Å². The molecular formula is C15H16N4. The van der Waals surface area contributed by atoms with Gasteiger partial charge in [0.15, 0.2) is 0 Å². The number of nitrogen functional groups attached to an aromatic ring is 1. The number of anilines is 2. The molecule has 0 aliphatic carbocycles. The van der Waals surface area contributed by atoms with Crippen LogP contribution in [0.25, 0.3) is 0 Å².